The molecule has 0 spiro atoms. The van der Waals surface area contributed by atoms with Crippen molar-refractivity contribution in [1.82, 2.24) is 9.97 Å². The second-order valence-electron chi connectivity index (χ2n) is 5.36. The van der Waals surface area contributed by atoms with Gasteiger partial charge in [0, 0.05) is 32.0 Å². The molecule has 2 aromatic rings. The van der Waals surface area contributed by atoms with E-state index in [1.165, 1.54) is 0 Å². The highest BCUT2D eigenvalue weighted by Gasteiger charge is 2.27. The van der Waals surface area contributed by atoms with Gasteiger partial charge in [-0.1, -0.05) is 12.1 Å². The van der Waals surface area contributed by atoms with Crippen LogP contribution in [0.3, 0.4) is 0 Å². The van der Waals surface area contributed by atoms with Crippen LogP contribution in [-0.2, 0) is 6.61 Å². The number of aliphatic hydroxyl groups is 1. The van der Waals surface area contributed by atoms with E-state index in [0.717, 1.165) is 11.3 Å². The fraction of sp³-hybridized carbons (Fsp3) is 0.312. The molecule has 22 heavy (non-hydrogen) atoms. The lowest BCUT2D eigenvalue weighted by atomic mass is 10.1. The molecule has 2 heterocycles. The van der Waals surface area contributed by atoms with Gasteiger partial charge in [0.25, 0.3) is 5.91 Å². The number of carbonyl (C=O) groups excluding carboxylic acids is 1. The topological polar surface area (TPSA) is 69.6 Å². The van der Waals surface area contributed by atoms with E-state index in [2.05, 4.69) is 9.97 Å². The number of amides is 1. The van der Waals surface area contributed by atoms with Gasteiger partial charge >= 0.3 is 0 Å². The standard InChI is InChI=1S/C16H18N4O2/c1-11-17-9-14-15(18-11)19(2)6-7-20(16(14)22)13-5-3-4-12(8-13)10-21/h3-5,8-9,21H,6-7,10H2,1-2H3. The fourth-order valence-corrected chi connectivity index (χ4v) is 2.57. The van der Waals surface area contributed by atoms with E-state index in [4.69, 9.17) is 0 Å². The smallest absolute Gasteiger partial charge is 0.263 e. The molecule has 1 N–H and O–H groups in total. The normalized spacial score (nSPS) is 14.8. The van der Waals surface area contributed by atoms with Gasteiger partial charge < -0.3 is 14.9 Å². The predicted molar refractivity (Wildman–Crippen MR) is 84.1 cm³/mol. The molecule has 0 aliphatic carbocycles. The Morgan fingerprint density at radius 2 is 2.14 bits per heavy atom. The third-order valence-electron chi connectivity index (χ3n) is 3.79. The number of likely N-dealkylation sites (N-methyl/N-ethyl adjacent to an activating group) is 1. The maximum Gasteiger partial charge on any atom is 0.263 e. The quantitative estimate of drug-likeness (QED) is 0.907. The van der Waals surface area contributed by atoms with Gasteiger partial charge in [-0.05, 0) is 24.6 Å². The summed E-state index contributed by atoms with van der Waals surface area (Å²) in [6, 6.07) is 7.38. The molecular weight excluding hydrogens is 280 g/mol. The molecule has 0 unspecified atom stereocenters. The molecule has 1 aromatic heterocycles. The van der Waals surface area contributed by atoms with Crippen molar-refractivity contribution >= 4 is 17.4 Å². The van der Waals surface area contributed by atoms with Gasteiger partial charge in [0.05, 0.1) is 6.61 Å². The third kappa shape index (κ3) is 2.53. The molecule has 0 saturated heterocycles. The second kappa shape index (κ2) is 5.73. The van der Waals surface area contributed by atoms with Crippen molar-refractivity contribution in [2.45, 2.75) is 13.5 Å². The van der Waals surface area contributed by atoms with Crippen LogP contribution in [0.4, 0.5) is 11.5 Å². The molecule has 1 amide bonds. The Balaban J connectivity index is 2.04. The maximum atomic E-state index is 12.9. The predicted octanol–water partition coefficient (Wildman–Crippen LogP) is 1.37. The van der Waals surface area contributed by atoms with Crippen molar-refractivity contribution in [2.75, 3.05) is 29.9 Å². The Morgan fingerprint density at radius 3 is 2.91 bits per heavy atom. The van der Waals surface area contributed by atoms with E-state index in [0.29, 0.717) is 30.3 Å². The Morgan fingerprint density at radius 1 is 1.32 bits per heavy atom. The van der Waals surface area contributed by atoms with Crippen LogP contribution in [-0.4, -0.2) is 41.1 Å². The van der Waals surface area contributed by atoms with Crippen molar-refractivity contribution in [3.05, 3.63) is 47.4 Å². The molecule has 6 heteroatoms. The summed E-state index contributed by atoms with van der Waals surface area (Å²) in [5, 5.41) is 9.28. The lowest BCUT2D eigenvalue weighted by Gasteiger charge is -2.21. The minimum absolute atomic E-state index is 0.0470. The molecule has 1 aliphatic heterocycles. The molecule has 6 nitrogen and oxygen atoms in total. The average Bonchev–Trinajstić information content (AvgIpc) is 2.65. The second-order valence-corrected chi connectivity index (χ2v) is 5.36. The molecule has 1 aliphatic rings. The summed E-state index contributed by atoms with van der Waals surface area (Å²) < 4.78 is 0. The van der Waals surface area contributed by atoms with Crippen LogP contribution in [0.2, 0.25) is 0 Å². The van der Waals surface area contributed by atoms with E-state index >= 15 is 0 Å². The highest BCUT2D eigenvalue weighted by molar-refractivity contribution is 6.09. The summed E-state index contributed by atoms with van der Waals surface area (Å²) in [5.41, 5.74) is 2.06. The number of aryl methyl sites for hydroxylation is 1. The first kappa shape index (κ1) is 14.5. The molecule has 0 atom stereocenters. The first-order valence-corrected chi connectivity index (χ1v) is 7.16. The monoisotopic (exact) mass is 298 g/mol. The average molecular weight is 298 g/mol. The molecule has 3 rings (SSSR count). The van der Waals surface area contributed by atoms with Gasteiger partial charge in [0.1, 0.15) is 17.2 Å². The zero-order valence-corrected chi connectivity index (χ0v) is 12.7. The molecular formula is C16H18N4O2. The minimum Gasteiger partial charge on any atom is -0.392 e. The third-order valence-corrected chi connectivity index (χ3v) is 3.79. The summed E-state index contributed by atoms with van der Waals surface area (Å²) in [6.07, 6.45) is 1.59. The minimum atomic E-state index is -0.116. The number of anilines is 2. The zero-order chi connectivity index (χ0) is 15.7. The number of fused-ring (bicyclic) bond motifs is 1. The number of aromatic nitrogens is 2. The van der Waals surface area contributed by atoms with Gasteiger partial charge in [-0.2, -0.15) is 0 Å². The molecule has 0 fully saturated rings. The SMILES string of the molecule is Cc1ncc2c(n1)N(C)CCN(c1cccc(CO)c1)C2=O. The number of carbonyl (C=O) groups is 1. The van der Waals surface area contributed by atoms with E-state index in [-0.39, 0.29) is 12.5 Å². The summed E-state index contributed by atoms with van der Waals surface area (Å²) in [6.45, 7) is 3.00. The molecule has 0 radical (unpaired) electrons. The summed E-state index contributed by atoms with van der Waals surface area (Å²) in [5.74, 6) is 1.20. The summed E-state index contributed by atoms with van der Waals surface area (Å²) in [7, 11) is 1.92. The van der Waals surface area contributed by atoms with Crippen molar-refractivity contribution in [2.24, 2.45) is 0 Å². The van der Waals surface area contributed by atoms with Crippen LogP contribution in [0.5, 0.6) is 0 Å². The van der Waals surface area contributed by atoms with Gasteiger partial charge in [-0.25, -0.2) is 9.97 Å². The number of rotatable bonds is 2. The lowest BCUT2D eigenvalue weighted by molar-refractivity contribution is 0.0989. The lowest BCUT2D eigenvalue weighted by Crippen LogP contribution is -2.33. The fourth-order valence-electron chi connectivity index (χ4n) is 2.57. The van der Waals surface area contributed by atoms with Crippen molar-refractivity contribution < 1.29 is 9.90 Å². The maximum absolute atomic E-state index is 12.9. The summed E-state index contributed by atoms with van der Waals surface area (Å²) in [4.78, 5) is 25.1. The molecule has 1 aromatic carbocycles. The van der Waals surface area contributed by atoms with Crippen LogP contribution in [0.15, 0.2) is 30.5 Å². The van der Waals surface area contributed by atoms with E-state index in [1.54, 1.807) is 11.1 Å². The Labute approximate surface area is 129 Å². The van der Waals surface area contributed by atoms with Crippen molar-refractivity contribution in [3.8, 4) is 0 Å². The highest BCUT2D eigenvalue weighted by atomic mass is 16.3. The number of benzene rings is 1. The molecule has 114 valence electrons. The van der Waals surface area contributed by atoms with E-state index in [1.807, 2.05) is 43.1 Å². The van der Waals surface area contributed by atoms with Crippen LogP contribution in [0, 0.1) is 6.92 Å². The van der Waals surface area contributed by atoms with E-state index < -0.39 is 0 Å². The van der Waals surface area contributed by atoms with Gasteiger partial charge in [-0.15, -0.1) is 0 Å². The Kier molecular flexibility index (Phi) is 3.77. The number of aliphatic hydroxyl groups excluding tert-OH is 1. The Hall–Kier alpha value is -2.47. The van der Waals surface area contributed by atoms with Crippen molar-refractivity contribution in [3.63, 3.8) is 0 Å². The van der Waals surface area contributed by atoms with Crippen molar-refractivity contribution in [1.29, 1.82) is 0 Å². The highest BCUT2D eigenvalue weighted by Crippen LogP contribution is 2.25. The Bertz CT molecular complexity index is 717. The number of hydrogen-bond donors (Lipinski definition) is 1. The van der Waals surface area contributed by atoms with E-state index in [9.17, 15) is 9.90 Å². The zero-order valence-electron chi connectivity index (χ0n) is 12.7. The number of nitrogens with zero attached hydrogens (tertiary/aromatic N) is 4. The van der Waals surface area contributed by atoms with Gasteiger partial charge in [0.2, 0.25) is 0 Å². The van der Waals surface area contributed by atoms with Gasteiger partial charge in [-0.3, -0.25) is 4.79 Å². The largest absolute Gasteiger partial charge is 0.392 e. The number of hydrogen-bond acceptors (Lipinski definition) is 5. The van der Waals surface area contributed by atoms with Crippen LogP contribution in [0.1, 0.15) is 21.7 Å². The van der Waals surface area contributed by atoms with Crippen LogP contribution < -0.4 is 9.80 Å². The van der Waals surface area contributed by atoms with Gasteiger partial charge in [0.15, 0.2) is 0 Å². The first-order chi connectivity index (χ1) is 10.6. The van der Waals surface area contributed by atoms with Crippen LogP contribution in [0.25, 0.3) is 0 Å². The van der Waals surface area contributed by atoms with Crippen LogP contribution >= 0.6 is 0 Å². The molecule has 0 bridgehead atoms. The molecule has 0 saturated carbocycles. The summed E-state index contributed by atoms with van der Waals surface area (Å²) >= 11 is 0. The first-order valence-electron chi connectivity index (χ1n) is 7.16.